The Balaban J connectivity index is 1.72. The number of rotatable bonds is 6. The van der Waals surface area contributed by atoms with Gasteiger partial charge in [-0.2, -0.15) is 9.67 Å². The van der Waals surface area contributed by atoms with Gasteiger partial charge in [0.2, 0.25) is 5.95 Å². The fourth-order valence-electron chi connectivity index (χ4n) is 2.79. The molecule has 6 nitrogen and oxygen atoms in total. The summed E-state index contributed by atoms with van der Waals surface area (Å²) >= 11 is 13.8. The van der Waals surface area contributed by atoms with Crippen LogP contribution >= 0.6 is 34.5 Å². The Bertz CT molecular complexity index is 1170. The van der Waals surface area contributed by atoms with E-state index in [0.29, 0.717) is 23.3 Å². The van der Waals surface area contributed by atoms with Gasteiger partial charge in [0, 0.05) is 15.5 Å². The molecule has 0 spiro atoms. The Morgan fingerprint density at radius 3 is 2.63 bits per heavy atom. The van der Waals surface area contributed by atoms with Crippen LogP contribution in [0.15, 0.2) is 60.0 Å². The first-order valence-electron chi connectivity index (χ1n) is 8.92. The molecule has 2 aromatic carbocycles. The summed E-state index contributed by atoms with van der Waals surface area (Å²) in [6.07, 6.45) is 0. The molecule has 1 N–H and O–H groups in total. The Labute approximate surface area is 187 Å². The molecule has 0 fully saturated rings. The maximum absolute atomic E-state index is 13.2. The lowest BCUT2D eigenvalue weighted by atomic mass is 10.2. The first-order valence-corrected chi connectivity index (χ1v) is 10.6. The van der Waals surface area contributed by atoms with E-state index in [9.17, 15) is 4.79 Å². The van der Waals surface area contributed by atoms with Gasteiger partial charge < -0.3 is 10.1 Å². The second-order valence-electron chi connectivity index (χ2n) is 6.26. The molecule has 0 amide bonds. The highest BCUT2D eigenvalue weighted by Gasteiger charge is 2.21. The Hall–Kier alpha value is -2.87. The van der Waals surface area contributed by atoms with E-state index < -0.39 is 5.91 Å². The zero-order valence-electron chi connectivity index (χ0n) is 15.8. The topological polar surface area (TPSA) is 69.0 Å². The van der Waals surface area contributed by atoms with Crippen LogP contribution in [0.3, 0.4) is 0 Å². The first kappa shape index (κ1) is 20.4. The number of thiophene rings is 1. The Morgan fingerprint density at radius 1 is 1.17 bits per heavy atom. The summed E-state index contributed by atoms with van der Waals surface area (Å²) < 4.78 is 6.42. The minimum Gasteiger partial charge on any atom is -0.497 e. The number of aromatic nitrogens is 3. The van der Waals surface area contributed by atoms with Crippen LogP contribution in [0.25, 0.3) is 11.4 Å². The van der Waals surface area contributed by atoms with Crippen molar-refractivity contribution >= 4 is 46.4 Å². The van der Waals surface area contributed by atoms with Gasteiger partial charge in [0.05, 0.1) is 24.2 Å². The Morgan fingerprint density at radius 2 is 1.97 bits per heavy atom. The van der Waals surface area contributed by atoms with E-state index in [1.165, 1.54) is 10.7 Å². The summed E-state index contributed by atoms with van der Waals surface area (Å²) in [5, 5.41) is 10.3. The molecule has 0 radical (unpaired) electrons. The van der Waals surface area contributed by atoms with E-state index in [2.05, 4.69) is 15.4 Å². The molecule has 0 aliphatic rings. The predicted octanol–water partition coefficient (Wildman–Crippen LogP) is 5.62. The molecule has 9 heteroatoms. The van der Waals surface area contributed by atoms with Gasteiger partial charge in [-0.15, -0.1) is 16.4 Å². The molecular weight excluding hydrogens is 443 g/mol. The van der Waals surface area contributed by atoms with Gasteiger partial charge in [0.15, 0.2) is 5.82 Å². The fourth-order valence-corrected chi connectivity index (χ4v) is 3.92. The number of benzene rings is 2. The summed E-state index contributed by atoms with van der Waals surface area (Å²) in [5.74, 6) is 1.05. The number of anilines is 1. The predicted molar refractivity (Wildman–Crippen MR) is 120 cm³/mol. The summed E-state index contributed by atoms with van der Waals surface area (Å²) in [6.45, 7) is 0.514. The number of hydrogen-bond acceptors (Lipinski definition) is 6. The molecule has 0 unspecified atom stereocenters. The summed E-state index contributed by atoms with van der Waals surface area (Å²) in [7, 11) is 1.60. The summed E-state index contributed by atoms with van der Waals surface area (Å²) in [5.41, 5.74) is 1.04. The average molecular weight is 459 g/mol. The minimum absolute atomic E-state index is 0.248. The van der Waals surface area contributed by atoms with Crippen molar-refractivity contribution in [2.45, 2.75) is 6.54 Å². The number of hydrogen-bond donors (Lipinski definition) is 1. The van der Waals surface area contributed by atoms with E-state index in [-0.39, 0.29) is 10.6 Å². The third-order valence-electron chi connectivity index (χ3n) is 4.31. The van der Waals surface area contributed by atoms with E-state index in [0.717, 1.165) is 16.2 Å². The van der Waals surface area contributed by atoms with Gasteiger partial charge in [0.1, 0.15) is 5.75 Å². The second-order valence-corrected chi connectivity index (χ2v) is 8.14. The van der Waals surface area contributed by atoms with E-state index in [4.69, 9.17) is 27.9 Å². The monoisotopic (exact) mass is 458 g/mol. The molecule has 0 bridgehead atoms. The number of carbonyl (C=O) groups is 1. The molecule has 30 heavy (non-hydrogen) atoms. The lowest BCUT2D eigenvalue weighted by molar-refractivity contribution is 0.0947. The average Bonchev–Trinajstić information content (AvgIpc) is 3.42. The number of ether oxygens (including phenoxy) is 1. The van der Waals surface area contributed by atoms with Crippen molar-refractivity contribution in [2.24, 2.45) is 0 Å². The van der Waals surface area contributed by atoms with Gasteiger partial charge in [-0.05, 0) is 53.9 Å². The zero-order valence-corrected chi connectivity index (χ0v) is 18.1. The van der Waals surface area contributed by atoms with Crippen LogP contribution in [0.2, 0.25) is 10.0 Å². The van der Waals surface area contributed by atoms with Crippen LogP contribution in [0.4, 0.5) is 5.95 Å². The SMILES string of the molecule is COc1ccc(-c2nc(NCc3cccs3)n(C(=O)c3ccc(Cl)cc3Cl)n2)cc1. The highest BCUT2D eigenvalue weighted by atomic mass is 35.5. The first-order chi connectivity index (χ1) is 14.5. The summed E-state index contributed by atoms with van der Waals surface area (Å²) in [4.78, 5) is 18.8. The van der Waals surface area contributed by atoms with Crippen molar-refractivity contribution in [1.82, 2.24) is 14.8 Å². The normalized spacial score (nSPS) is 10.8. The van der Waals surface area contributed by atoms with Crippen molar-refractivity contribution in [3.05, 3.63) is 80.5 Å². The van der Waals surface area contributed by atoms with Crippen LogP contribution in [0.1, 0.15) is 15.2 Å². The van der Waals surface area contributed by atoms with Gasteiger partial charge >= 0.3 is 0 Å². The van der Waals surface area contributed by atoms with Crippen LogP contribution in [-0.4, -0.2) is 27.8 Å². The lowest BCUT2D eigenvalue weighted by Gasteiger charge is -2.07. The highest BCUT2D eigenvalue weighted by Crippen LogP contribution is 2.25. The third-order valence-corrected chi connectivity index (χ3v) is 5.73. The van der Waals surface area contributed by atoms with Gasteiger partial charge in [0.25, 0.3) is 5.91 Å². The molecule has 2 aromatic heterocycles. The van der Waals surface area contributed by atoms with Crippen LogP contribution in [0, 0.1) is 0 Å². The van der Waals surface area contributed by atoms with E-state index in [1.54, 1.807) is 30.6 Å². The quantitative estimate of drug-likeness (QED) is 0.405. The molecule has 4 rings (SSSR count). The second kappa shape index (κ2) is 8.87. The number of methoxy groups -OCH3 is 1. The summed E-state index contributed by atoms with van der Waals surface area (Å²) in [6, 6.07) is 16.0. The molecule has 152 valence electrons. The molecule has 0 aliphatic carbocycles. The fraction of sp³-hybridized carbons (Fsp3) is 0.0952. The van der Waals surface area contributed by atoms with Gasteiger partial charge in [-0.3, -0.25) is 4.79 Å². The van der Waals surface area contributed by atoms with Crippen molar-refractivity contribution in [2.75, 3.05) is 12.4 Å². The number of carbonyl (C=O) groups excluding carboxylic acids is 1. The number of nitrogens with zero attached hydrogens (tertiary/aromatic N) is 3. The maximum atomic E-state index is 13.2. The maximum Gasteiger partial charge on any atom is 0.282 e. The molecule has 4 aromatic rings. The zero-order chi connectivity index (χ0) is 21.1. The largest absolute Gasteiger partial charge is 0.497 e. The smallest absolute Gasteiger partial charge is 0.282 e. The molecule has 0 atom stereocenters. The van der Waals surface area contributed by atoms with Crippen LogP contribution < -0.4 is 10.1 Å². The highest BCUT2D eigenvalue weighted by molar-refractivity contribution is 7.09. The Kier molecular flexibility index (Phi) is 6.03. The molecule has 2 heterocycles. The van der Waals surface area contributed by atoms with E-state index in [1.807, 2.05) is 41.8 Å². The minimum atomic E-state index is -0.405. The molecule has 0 aliphatic heterocycles. The van der Waals surface area contributed by atoms with Crippen molar-refractivity contribution in [3.8, 4) is 17.1 Å². The third kappa shape index (κ3) is 4.33. The van der Waals surface area contributed by atoms with Crippen LogP contribution in [-0.2, 0) is 6.54 Å². The van der Waals surface area contributed by atoms with Gasteiger partial charge in [-0.25, -0.2) is 0 Å². The van der Waals surface area contributed by atoms with Crippen molar-refractivity contribution in [3.63, 3.8) is 0 Å². The standard InChI is InChI=1S/C21H16Cl2N4O2S/c1-29-15-7-4-13(5-8-15)19-25-21(24-12-16-3-2-10-30-16)27(26-19)20(28)17-9-6-14(22)11-18(17)23/h2-11H,12H2,1H3,(H,24,25,26). The number of nitrogens with one attached hydrogen (secondary N) is 1. The van der Waals surface area contributed by atoms with Crippen molar-refractivity contribution in [1.29, 1.82) is 0 Å². The molecule has 0 saturated heterocycles. The molecular formula is C21H16Cl2N4O2S. The lowest BCUT2D eigenvalue weighted by Crippen LogP contribution is -2.17. The van der Waals surface area contributed by atoms with Gasteiger partial charge in [-0.1, -0.05) is 29.3 Å². The molecule has 0 saturated carbocycles. The van der Waals surface area contributed by atoms with Crippen LogP contribution in [0.5, 0.6) is 5.75 Å². The van der Waals surface area contributed by atoms with E-state index >= 15 is 0 Å². The number of halogens is 2. The van der Waals surface area contributed by atoms with Crippen molar-refractivity contribution < 1.29 is 9.53 Å².